The number of anilines is 1. The molecule has 33 heavy (non-hydrogen) atoms. The summed E-state index contributed by atoms with van der Waals surface area (Å²) in [5, 5.41) is 2.18. The summed E-state index contributed by atoms with van der Waals surface area (Å²) < 4.78 is 12.2. The van der Waals surface area contributed by atoms with Gasteiger partial charge >= 0.3 is 0 Å². The highest BCUT2D eigenvalue weighted by molar-refractivity contribution is 9.10. The van der Waals surface area contributed by atoms with Crippen molar-refractivity contribution in [2.24, 2.45) is 0 Å². The second kappa shape index (κ2) is 9.87. The molecule has 0 spiro atoms. The zero-order chi connectivity index (χ0) is 23.5. The zero-order valence-electron chi connectivity index (χ0n) is 17.3. The van der Waals surface area contributed by atoms with Crippen LogP contribution in [0.2, 0.25) is 10.0 Å². The van der Waals surface area contributed by atoms with Crippen LogP contribution < -0.4 is 19.9 Å². The van der Waals surface area contributed by atoms with E-state index in [2.05, 4.69) is 21.4 Å². The van der Waals surface area contributed by atoms with Crippen molar-refractivity contribution in [1.29, 1.82) is 0 Å². The van der Waals surface area contributed by atoms with Gasteiger partial charge < -0.3 is 9.47 Å². The molecule has 1 saturated heterocycles. The maximum atomic E-state index is 13.0. The number of hydrogen-bond donors (Lipinski definition) is 1. The number of para-hydroxylation sites is 1. The molecule has 3 aromatic carbocycles. The van der Waals surface area contributed by atoms with Crippen LogP contribution in [0.3, 0.4) is 0 Å². The third kappa shape index (κ3) is 5.00. The Hall–Kier alpha value is -3.00. The first-order valence-electron chi connectivity index (χ1n) is 9.74. The fraction of sp³-hybridized carbons (Fsp3) is 0.0833. The van der Waals surface area contributed by atoms with Crippen LogP contribution >= 0.6 is 39.1 Å². The van der Waals surface area contributed by atoms with Crippen molar-refractivity contribution in [3.63, 3.8) is 0 Å². The zero-order valence-corrected chi connectivity index (χ0v) is 20.4. The van der Waals surface area contributed by atoms with E-state index in [0.29, 0.717) is 37.3 Å². The van der Waals surface area contributed by atoms with Gasteiger partial charge in [-0.15, -0.1) is 0 Å². The van der Waals surface area contributed by atoms with Gasteiger partial charge in [0.05, 0.1) is 12.8 Å². The Kier molecular flexibility index (Phi) is 6.93. The molecular weight excluding hydrogens is 531 g/mol. The molecule has 6 nitrogen and oxygen atoms in total. The average molecular weight is 548 g/mol. The lowest BCUT2D eigenvalue weighted by Crippen LogP contribution is -2.35. The molecule has 0 atom stereocenters. The van der Waals surface area contributed by atoms with Gasteiger partial charge in [-0.2, -0.15) is 0 Å². The molecule has 0 aliphatic carbocycles. The average Bonchev–Trinajstić information content (AvgIpc) is 3.08. The van der Waals surface area contributed by atoms with Gasteiger partial charge in [-0.1, -0.05) is 63.4 Å². The lowest BCUT2D eigenvalue weighted by atomic mass is 10.1. The van der Waals surface area contributed by atoms with E-state index in [1.165, 1.54) is 18.2 Å². The fourth-order valence-electron chi connectivity index (χ4n) is 3.26. The number of nitrogens with zero attached hydrogens (tertiary/aromatic N) is 1. The Morgan fingerprint density at radius 2 is 1.82 bits per heavy atom. The van der Waals surface area contributed by atoms with Crippen LogP contribution in [0.1, 0.15) is 11.1 Å². The minimum Gasteiger partial charge on any atom is -0.493 e. The molecule has 1 fully saturated rings. The standard InChI is InChI=1S/C24H17BrCl2N2O4/c1-32-21-11-16(25)9-15(22(21)33-13-14-7-8-17(26)12-20(14)27)10-19-23(30)28-29(24(19)31)18-5-3-2-4-6-18/h2-12H,13H2,1H3,(H,28,30)/b19-10-. The summed E-state index contributed by atoms with van der Waals surface area (Å²) in [6.07, 6.45) is 1.48. The van der Waals surface area contributed by atoms with Crippen molar-refractivity contribution in [3.8, 4) is 11.5 Å². The number of methoxy groups -OCH3 is 1. The van der Waals surface area contributed by atoms with Gasteiger partial charge in [0.2, 0.25) is 0 Å². The van der Waals surface area contributed by atoms with E-state index >= 15 is 0 Å². The van der Waals surface area contributed by atoms with Crippen LogP contribution in [0.15, 0.2) is 70.7 Å². The summed E-state index contributed by atoms with van der Waals surface area (Å²) in [6, 6.07) is 17.4. The highest BCUT2D eigenvalue weighted by Gasteiger charge is 2.34. The summed E-state index contributed by atoms with van der Waals surface area (Å²) in [5.41, 5.74) is 4.31. The Morgan fingerprint density at radius 3 is 2.52 bits per heavy atom. The molecule has 0 radical (unpaired) electrons. The van der Waals surface area contributed by atoms with Crippen molar-refractivity contribution >= 4 is 62.7 Å². The number of hydrazine groups is 1. The second-order valence-corrected chi connectivity index (χ2v) is 8.79. The molecule has 3 aromatic rings. The number of carbonyl (C=O) groups is 2. The smallest absolute Gasteiger partial charge is 0.282 e. The lowest BCUT2D eigenvalue weighted by Gasteiger charge is -2.15. The van der Waals surface area contributed by atoms with Crippen LogP contribution in [-0.4, -0.2) is 18.9 Å². The topological polar surface area (TPSA) is 67.9 Å². The molecule has 9 heteroatoms. The number of rotatable bonds is 6. The van der Waals surface area contributed by atoms with Crippen molar-refractivity contribution in [2.75, 3.05) is 12.1 Å². The Labute approximate surface area is 208 Å². The monoisotopic (exact) mass is 546 g/mol. The largest absolute Gasteiger partial charge is 0.493 e. The first-order chi connectivity index (χ1) is 15.9. The summed E-state index contributed by atoms with van der Waals surface area (Å²) >= 11 is 15.7. The molecule has 4 rings (SSSR count). The minimum absolute atomic E-state index is 0.0339. The van der Waals surface area contributed by atoms with Crippen LogP contribution in [0.4, 0.5) is 5.69 Å². The van der Waals surface area contributed by atoms with E-state index in [9.17, 15) is 9.59 Å². The van der Waals surface area contributed by atoms with E-state index in [1.807, 2.05) is 6.07 Å². The number of benzene rings is 3. The van der Waals surface area contributed by atoms with Crippen molar-refractivity contribution in [2.45, 2.75) is 6.61 Å². The third-order valence-corrected chi connectivity index (χ3v) is 5.91. The maximum absolute atomic E-state index is 13.0. The highest BCUT2D eigenvalue weighted by Crippen LogP contribution is 2.38. The molecule has 1 heterocycles. The Bertz CT molecular complexity index is 1260. The SMILES string of the molecule is COc1cc(Br)cc(/C=C2/C(=O)NN(c3ccccc3)C2=O)c1OCc1ccc(Cl)cc1Cl. The quantitative estimate of drug-likeness (QED) is 0.312. The molecule has 0 unspecified atom stereocenters. The van der Waals surface area contributed by atoms with Crippen molar-refractivity contribution in [1.82, 2.24) is 5.43 Å². The summed E-state index contributed by atoms with van der Waals surface area (Å²) in [5.74, 6) is -0.212. The predicted octanol–water partition coefficient (Wildman–Crippen LogP) is 5.80. The first kappa shape index (κ1) is 23.2. The second-order valence-electron chi connectivity index (χ2n) is 7.03. The number of halogens is 3. The van der Waals surface area contributed by atoms with Gasteiger partial charge in [-0.3, -0.25) is 15.0 Å². The van der Waals surface area contributed by atoms with Gasteiger partial charge in [-0.05, 0) is 42.5 Å². The fourth-order valence-corrected chi connectivity index (χ4v) is 4.18. The Morgan fingerprint density at radius 1 is 1.06 bits per heavy atom. The molecule has 1 aliphatic heterocycles. The molecule has 0 saturated carbocycles. The number of hydrogen-bond acceptors (Lipinski definition) is 4. The molecule has 1 N–H and O–H groups in total. The van der Waals surface area contributed by atoms with Gasteiger partial charge in [0.1, 0.15) is 12.2 Å². The van der Waals surface area contributed by atoms with E-state index in [4.69, 9.17) is 32.7 Å². The summed E-state index contributed by atoms with van der Waals surface area (Å²) in [7, 11) is 1.51. The Balaban J connectivity index is 1.70. The van der Waals surface area contributed by atoms with Crippen LogP contribution in [0.25, 0.3) is 6.08 Å². The summed E-state index contributed by atoms with van der Waals surface area (Å²) in [4.78, 5) is 25.6. The van der Waals surface area contributed by atoms with Crippen LogP contribution in [-0.2, 0) is 16.2 Å². The van der Waals surface area contributed by atoms with Crippen molar-refractivity contribution in [3.05, 3.63) is 91.9 Å². The van der Waals surface area contributed by atoms with Crippen LogP contribution in [0, 0.1) is 0 Å². The van der Waals surface area contributed by atoms with Gasteiger partial charge in [0.15, 0.2) is 11.5 Å². The molecule has 0 bridgehead atoms. The van der Waals surface area contributed by atoms with E-state index < -0.39 is 11.8 Å². The molecule has 0 aromatic heterocycles. The highest BCUT2D eigenvalue weighted by atomic mass is 79.9. The van der Waals surface area contributed by atoms with E-state index in [1.54, 1.807) is 54.6 Å². The number of nitrogens with one attached hydrogen (secondary N) is 1. The number of ether oxygens (including phenoxy) is 2. The third-order valence-electron chi connectivity index (χ3n) is 4.86. The normalized spacial score (nSPS) is 14.5. The molecular formula is C24H17BrCl2N2O4. The maximum Gasteiger partial charge on any atom is 0.282 e. The van der Waals surface area contributed by atoms with Gasteiger partial charge in [-0.25, -0.2) is 5.01 Å². The van der Waals surface area contributed by atoms with Gasteiger partial charge in [0.25, 0.3) is 11.8 Å². The molecule has 1 aliphatic rings. The minimum atomic E-state index is -0.519. The van der Waals surface area contributed by atoms with Crippen molar-refractivity contribution < 1.29 is 19.1 Å². The number of carbonyl (C=O) groups excluding carboxylic acids is 2. The van der Waals surface area contributed by atoms with E-state index in [0.717, 1.165) is 5.56 Å². The van der Waals surface area contributed by atoms with E-state index in [-0.39, 0.29) is 12.2 Å². The number of amides is 2. The van der Waals surface area contributed by atoms with Gasteiger partial charge in [0, 0.05) is 25.6 Å². The first-order valence-corrected chi connectivity index (χ1v) is 11.3. The molecule has 168 valence electrons. The van der Waals surface area contributed by atoms with Crippen LogP contribution in [0.5, 0.6) is 11.5 Å². The lowest BCUT2D eigenvalue weighted by molar-refractivity contribution is -0.117. The molecule has 2 amide bonds. The summed E-state index contributed by atoms with van der Waals surface area (Å²) in [6.45, 7) is 0.125. The predicted molar refractivity (Wildman–Crippen MR) is 132 cm³/mol.